The van der Waals surface area contributed by atoms with E-state index >= 15 is 0 Å². The van der Waals surface area contributed by atoms with Gasteiger partial charge in [-0.1, -0.05) is 23.7 Å². The Kier molecular flexibility index (Phi) is 8.37. The molecule has 32 heavy (non-hydrogen) atoms. The highest BCUT2D eigenvalue weighted by molar-refractivity contribution is 8.62. The number of esters is 1. The fourth-order valence-electron chi connectivity index (χ4n) is 3.11. The molecular formula is C19H23ClN2O7PS2+. The van der Waals surface area contributed by atoms with Crippen LogP contribution in [0.15, 0.2) is 40.1 Å². The molecule has 1 aliphatic rings. The van der Waals surface area contributed by atoms with Crippen molar-refractivity contribution in [3.8, 4) is 0 Å². The summed E-state index contributed by atoms with van der Waals surface area (Å²) in [5, 5.41) is 0.618. The van der Waals surface area contributed by atoms with Crippen LogP contribution in [0.2, 0.25) is 5.02 Å². The average molecular weight is 522 g/mol. The molecule has 2 N–H and O–H groups in total. The van der Waals surface area contributed by atoms with Crippen molar-refractivity contribution < 1.29 is 23.7 Å². The summed E-state index contributed by atoms with van der Waals surface area (Å²) in [6, 6.07) is 7.19. The number of nitrogens with one attached hydrogen (secondary N) is 1. The molecule has 1 saturated heterocycles. The average Bonchev–Trinajstić information content (AvgIpc) is 3.10. The molecule has 0 saturated carbocycles. The molecule has 1 aromatic carbocycles. The maximum absolute atomic E-state index is 12.2. The number of carbonyl (C=O) groups excluding carboxylic acids is 1. The highest BCUT2D eigenvalue weighted by Gasteiger charge is 2.40. The first-order chi connectivity index (χ1) is 15.0. The number of aryl methyl sites for hydroxylation is 1. The van der Waals surface area contributed by atoms with Crippen molar-refractivity contribution >= 4 is 46.5 Å². The van der Waals surface area contributed by atoms with Crippen LogP contribution in [-0.2, 0) is 35.5 Å². The lowest BCUT2D eigenvalue weighted by molar-refractivity contribution is -0.150. The Hall–Kier alpha value is -1.46. The van der Waals surface area contributed by atoms with Crippen LogP contribution in [0.5, 0.6) is 0 Å². The van der Waals surface area contributed by atoms with Crippen LogP contribution >= 0.6 is 29.5 Å². The minimum Gasteiger partial charge on any atom is -0.460 e. The van der Waals surface area contributed by atoms with Gasteiger partial charge in [0.2, 0.25) is 16.7 Å². The number of aromatic amines is 1. The Bertz CT molecular complexity index is 1150. The molecule has 0 amide bonds. The number of hydrogen-bond donors (Lipinski definition) is 3. The number of aromatic nitrogens is 2. The van der Waals surface area contributed by atoms with Crippen LogP contribution in [0.1, 0.15) is 30.7 Å². The van der Waals surface area contributed by atoms with Crippen LogP contribution < -0.4 is 11.2 Å². The molecule has 2 aromatic rings. The van der Waals surface area contributed by atoms with Crippen LogP contribution in [-0.4, -0.2) is 39.2 Å². The Morgan fingerprint density at radius 1 is 1.41 bits per heavy atom. The fraction of sp³-hybridized carbons (Fsp3) is 0.421. The monoisotopic (exact) mass is 521 g/mol. The highest BCUT2D eigenvalue weighted by Crippen LogP contribution is 2.50. The van der Waals surface area contributed by atoms with Crippen LogP contribution in [0, 0.1) is 6.92 Å². The van der Waals surface area contributed by atoms with Gasteiger partial charge in [-0.2, -0.15) is 0 Å². The van der Waals surface area contributed by atoms with Gasteiger partial charge in [0.25, 0.3) is 5.56 Å². The van der Waals surface area contributed by atoms with E-state index in [-0.39, 0.29) is 13.0 Å². The summed E-state index contributed by atoms with van der Waals surface area (Å²) in [4.78, 5) is 48.2. The highest BCUT2D eigenvalue weighted by atomic mass is 35.5. The maximum atomic E-state index is 12.2. The molecule has 0 radical (unpaired) electrons. The number of rotatable bonds is 7. The number of hydrogen-bond acceptors (Lipinski definition) is 6. The molecule has 1 aliphatic heterocycles. The van der Waals surface area contributed by atoms with Gasteiger partial charge >= 0.3 is 17.4 Å². The number of thiol groups is 1. The molecule has 9 nitrogen and oxygen atoms in total. The van der Waals surface area contributed by atoms with Crippen molar-refractivity contribution in [1.29, 1.82) is 0 Å². The van der Waals surface area contributed by atoms with Crippen molar-refractivity contribution in [2.24, 2.45) is 0 Å². The summed E-state index contributed by atoms with van der Waals surface area (Å²) in [6.45, 7) is 2.73. The largest absolute Gasteiger partial charge is 0.460 e. The first-order valence-corrected chi connectivity index (χ1v) is 14.3. The number of H-pyrrole nitrogens is 1. The van der Waals surface area contributed by atoms with Crippen molar-refractivity contribution in [2.45, 2.75) is 44.5 Å². The molecule has 0 spiro atoms. The van der Waals surface area contributed by atoms with E-state index in [0.717, 1.165) is 16.5 Å². The van der Waals surface area contributed by atoms with Gasteiger partial charge < -0.3 is 14.4 Å². The van der Waals surface area contributed by atoms with Crippen LogP contribution in [0.3, 0.4) is 0 Å². The minimum atomic E-state index is -3.11. The summed E-state index contributed by atoms with van der Waals surface area (Å²) in [5.41, 5.74) is -2.94. The van der Waals surface area contributed by atoms with E-state index in [1.807, 2.05) is 12.1 Å². The molecule has 3 rings (SSSR count). The van der Waals surface area contributed by atoms with E-state index in [9.17, 15) is 19.3 Å². The second-order valence-electron chi connectivity index (χ2n) is 7.18. The van der Waals surface area contributed by atoms with Gasteiger partial charge in [0, 0.05) is 35.7 Å². The first-order valence-electron chi connectivity index (χ1n) is 9.57. The zero-order valence-corrected chi connectivity index (χ0v) is 20.6. The molecule has 0 bridgehead atoms. The summed E-state index contributed by atoms with van der Waals surface area (Å²) in [7, 11) is 1.15. The molecule has 1 unspecified atom stereocenters. The second kappa shape index (κ2) is 10.6. The molecule has 0 aliphatic carbocycles. The van der Waals surface area contributed by atoms with Gasteiger partial charge in [-0.25, -0.2) is 4.79 Å². The predicted octanol–water partition coefficient (Wildman–Crippen LogP) is 2.62. The zero-order chi connectivity index (χ0) is 23.5. The van der Waals surface area contributed by atoms with E-state index in [1.165, 1.54) is 17.7 Å². The predicted molar refractivity (Wildman–Crippen MR) is 127 cm³/mol. The van der Waals surface area contributed by atoms with E-state index in [4.69, 9.17) is 25.6 Å². The number of carbonyl (C=O) groups is 1. The third kappa shape index (κ3) is 6.77. The quantitative estimate of drug-likeness (QED) is 0.222. The third-order valence-electron chi connectivity index (χ3n) is 4.67. The molecule has 1 aromatic heterocycles. The number of ether oxygens (including phenoxy) is 2. The molecule has 4 atom stereocenters. The zero-order valence-electron chi connectivity index (χ0n) is 17.3. The molecule has 1 fully saturated rings. The SMILES string of the molecule is CC(=O)O[C@H]1C[C@H](n2cc(C)c(=O)[nH]c2=O)O[C@@H]1COP(O)(S)=[S+]Cc1ccc(Cl)cc1. The third-order valence-corrected chi connectivity index (χ3v) is 9.31. The van der Waals surface area contributed by atoms with Gasteiger partial charge in [-0.05, 0) is 31.3 Å². The van der Waals surface area contributed by atoms with Crippen molar-refractivity contribution in [1.82, 2.24) is 9.55 Å². The van der Waals surface area contributed by atoms with Gasteiger partial charge in [0.1, 0.15) is 18.4 Å². The number of benzene rings is 1. The lowest BCUT2D eigenvalue weighted by atomic mass is 10.2. The van der Waals surface area contributed by atoms with Gasteiger partial charge in [-0.3, -0.25) is 23.7 Å². The van der Waals surface area contributed by atoms with Gasteiger partial charge in [0.05, 0.1) is 6.61 Å². The van der Waals surface area contributed by atoms with E-state index in [2.05, 4.69) is 17.2 Å². The van der Waals surface area contributed by atoms with E-state index in [1.54, 1.807) is 19.1 Å². The Morgan fingerprint density at radius 2 is 2.09 bits per heavy atom. The lowest BCUT2D eigenvalue weighted by Crippen LogP contribution is -2.33. The second-order valence-corrected chi connectivity index (χ2v) is 14.1. The molecule has 174 valence electrons. The van der Waals surface area contributed by atoms with Crippen LogP contribution in [0.25, 0.3) is 0 Å². The summed E-state index contributed by atoms with van der Waals surface area (Å²) >= 11 is 10.1. The standard InChI is InChI=1S/C19H22ClN2O7PS2/c1-11-8-22(19(25)21-18(11)24)17-7-15(28-12(2)23)16(29-17)9-27-30(26,31)32-10-13-3-5-14(20)6-4-13/h3-6,8,15-17H,7,9-10H2,1-2H3,(H2-,21,24,25,26,31)/p+1/t15-,16+,17+,30?/m0/s1. The number of nitrogens with zero attached hydrogens (tertiary/aromatic N) is 1. The number of halogens is 1. The Balaban J connectivity index is 1.71. The van der Waals surface area contributed by atoms with Crippen LogP contribution in [0.4, 0.5) is 0 Å². The normalized spacial score (nSPS) is 22.3. The summed E-state index contributed by atoms with van der Waals surface area (Å²) < 4.78 is 18.1. The molecule has 2 heterocycles. The summed E-state index contributed by atoms with van der Waals surface area (Å²) in [5.74, 6) is -0.0549. The van der Waals surface area contributed by atoms with E-state index in [0.29, 0.717) is 16.3 Å². The lowest BCUT2D eigenvalue weighted by Gasteiger charge is -2.18. The fourth-order valence-corrected chi connectivity index (χ4v) is 6.23. The Labute approximate surface area is 198 Å². The van der Waals surface area contributed by atoms with Crippen molar-refractivity contribution in [2.75, 3.05) is 6.61 Å². The van der Waals surface area contributed by atoms with E-state index < -0.39 is 41.3 Å². The maximum Gasteiger partial charge on any atom is 0.430 e. The first kappa shape index (κ1) is 25.2. The molecular weight excluding hydrogens is 499 g/mol. The minimum absolute atomic E-state index is 0.104. The Morgan fingerprint density at radius 3 is 2.75 bits per heavy atom. The van der Waals surface area contributed by atoms with Crippen molar-refractivity contribution in [3.05, 3.63) is 67.4 Å². The van der Waals surface area contributed by atoms with Gasteiger partial charge in [0.15, 0.2) is 0 Å². The topological polar surface area (TPSA) is 120 Å². The van der Waals surface area contributed by atoms with Gasteiger partial charge in [-0.15, -0.1) is 0 Å². The summed E-state index contributed by atoms with van der Waals surface area (Å²) in [6.07, 6.45) is -0.641. The smallest absolute Gasteiger partial charge is 0.430 e. The van der Waals surface area contributed by atoms with Crippen molar-refractivity contribution in [3.63, 3.8) is 0 Å². The molecule has 13 heteroatoms.